The molecule has 0 aliphatic heterocycles. The first-order valence-corrected chi connectivity index (χ1v) is 8.13. The van der Waals surface area contributed by atoms with E-state index in [2.05, 4.69) is 41.9 Å². The molecule has 108 valence electrons. The lowest BCUT2D eigenvalue weighted by Gasteiger charge is -2.29. The van der Waals surface area contributed by atoms with Crippen LogP contribution in [0.15, 0.2) is 15.9 Å². The van der Waals surface area contributed by atoms with Gasteiger partial charge in [0, 0.05) is 24.9 Å². The molecule has 0 bridgehead atoms. The number of hydrogen-bond donors (Lipinski definition) is 1. The standard InChI is InChI=1S/C14H23BrN2OS/c1-14(2,9-16)10-17(3)13(18)6-4-5-11-7-8-12(15)19-11/h7-8H,4-6,9-10,16H2,1-3H3. The molecule has 0 aliphatic rings. The van der Waals surface area contributed by atoms with Crippen LogP contribution in [0.25, 0.3) is 0 Å². The highest BCUT2D eigenvalue weighted by Gasteiger charge is 2.20. The number of carbonyl (C=O) groups excluding carboxylic acids is 1. The predicted octanol–water partition coefficient (Wildman–Crippen LogP) is 3.28. The average molecular weight is 347 g/mol. The lowest BCUT2D eigenvalue weighted by molar-refractivity contribution is -0.131. The van der Waals surface area contributed by atoms with E-state index in [4.69, 9.17) is 5.73 Å². The summed E-state index contributed by atoms with van der Waals surface area (Å²) in [4.78, 5) is 15.1. The van der Waals surface area contributed by atoms with E-state index in [1.54, 1.807) is 16.2 Å². The molecule has 1 heterocycles. The Bertz CT molecular complexity index is 417. The molecule has 1 rings (SSSR count). The van der Waals surface area contributed by atoms with Crippen molar-refractivity contribution in [3.8, 4) is 0 Å². The second kappa shape index (κ2) is 7.41. The van der Waals surface area contributed by atoms with Crippen LogP contribution in [0.2, 0.25) is 0 Å². The summed E-state index contributed by atoms with van der Waals surface area (Å²) in [7, 11) is 1.86. The Morgan fingerprint density at radius 2 is 2.16 bits per heavy atom. The van der Waals surface area contributed by atoms with Crippen LogP contribution >= 0.6 is 27.3 Å². The van der Waals surface area contributed by atoms with Crippen molar-refractivity contribution >= 4 is 33.2 Å². The minimum absolute atomic E-state index is 0.0109. The largest absolute Gasteiger partial charge is 0.345 e. The van der Waals surface area contributed by atoms with Crippen LogP contribution in [0.1, 0.15) is 31.6 Å². The molecule has 0 saturated heterocycles. The van der Waals surface area contributed by atoms with Crippen LogP contribution in [0.4, 0.5) is 0 Å². The number of nitrogens with two attached hydrogens (primary N) is 1. The van der Waals surface area contributed by atoms with Gasteiger partial charge in [-0.25, -0.2) is 0 Å². The number of nitrogens with zero attached hydrogens (tertiary/aromatic N) is 1. The number of rotatable bonds is 7. The van der Waals surface area contributed by atoms with Crippen LogP contribution in [0, 0.1) is 5.41 Å². The van der Waals surface area contributed by atoms with Crippen LogP contribution in [-0.4, -0.2) is 30.9 Å². The van der Waals surface area contributed by atoms with E-state index in [-0.39, 0.29) is 11.3 Å². The molecule has 0 unspecified atom stereocenters. The van der Waals surface area contributed by atoms with Gasteiger partial charge in [-0.05, 0) is 52.9 Å². The van der Waals surface area contributed by atoms with Gasteiger partial charge in [0.15, 0.2) is 0 Å². The van der Waals surface area contributed by atoms with Crippen molar-refractivity contribution in [3.63, 3.8) is 0 Å². The van der Waals surface area contributed by atoms with Gasteiger partial charge in [-0.15, -0.1) is 11.3 Å². The third-order valence-corrected chi connectivity index (χ3v) is 4.77. The third kappa shape index (κ3) is 6.06. The van der Waals surface area contributed by atoms with Crippen molar-refractivity contribution < 1.29 is 4.79 Å². The Morgan fingerprint density at radius 3 is 2.68 bits per heavy atom. The highest BCUT2D eigenvalue weighted by atomic mass is 79.9. The van der Waals surface area contributed by atoms with Gasteiger partial charge < -0.3 is 10.6 Å². The van der Waals surface area contributed by atoms with Gasteiger partial charge in [-0.1, -0.05) is 13.8 Å². The van der Waals surface area contributed by atoms with E-state index in [9.17, 15) is 4.79 Å². The second-order valence-electron chi connectivity index (χ2n) is 5.68. The molecular formula is C14H23BrN2OS. The van der Waals surface area contributed by atoms with Crippen molar-refractivity contribution in [2.45, 2.75) is 33.1 Å². The number of amides is 1. The molecule has 1 amide bonds. The van der Waals surface area contributed by atoms with Crippen molar-refractivity contribution in [1.29, 1.82) is 0 Å². The number of carbonyl (C=O) groups is 1. The fourth-order valence-corrected chi connectivity index (χ4v) is 3.41. The van der Waals surface area contributed by atoms with E-state index in [1.807, 2.05) is 7.05 Å². The van der Waals surface area contributed by atoms with Crippen LogP contribution in [0.5, 0.6) is 0 Å². The maximum absolute atomic E-state index is 12.0. The third-order valence-electron chi connectivity index (χ3n) is 3.09. The molecule has 5 heteroatoms. The number of aryl methyl sites for hydroxylation is 1. The maximum atomic E-state index is 12.0. The first-order chi connectivity index (χ1) is 8.84. The summed E-state index contributed by atoms with van der Waals surface area (Å²) >= 11 is 5.19. The Labute approximate surface area is 128 Å². The number of hydrogen-bond acceptors (Lipinski definition) is 3. The van der Waals surface area contributed by atoms with Gasteiger partial charge >= 0.3 is 0 Å². The lowest BCUT2D eigenvalue weighted by Crippen LogP contribution is -2.39. The van der Waals surface area contributed by atoms with Gasteiger partial charge in [0.05, 0.1) is 3.79 Å². The summed E-state index contributed by atoms with van der Waals surface area (Å²) in [6, 6.07) is 4.16. The van der Waals surface area contributed by atoms with E-state index in [0.29, 0.717) is 19.5 Å². The quantitative estimate of drug-likeness (QED) is 0.823. The first-order valence-electron chi connectivity index (χ1n) is 6.52. The van der Waals surface area contributed by atoms with E-state index < -0.39 is 0 Å². The molecule has 0 aliphatic carbocycles. The first kappa shape index (κ1) is 16.7. The van der Waals surface area contributed by atoms with Crippen LogP contribution in [0.3, 0.4) is 0 Å². The van der Waals surface area contributed by atoms with Crippen LogP contribution < -0.4 is 5.73 Å². The summed E-state index contributed by atoms with van der Waals surface area (Å²) in [6.07, 6.45) is 2.47. The zero-order chi connectivity index (χ0) is 14.5. The molecule has 3 nitrogen and oxygen atoms in total. The number of halogens is 1. The Morgan fingerprint density at radius 1 is 1.47 bits per heavy atom. The molecular weight excluding hydrogens is 324 g/mol. The van der Waals surface area contributed by atoms with Crippen molar-refractivity contribution in [3.05, 3.63) is 20.8 Å². The summed E-state index contributed by atoms with van der Waals surface area (Å²) in [5.41, 5.74) is 5.68. The van der Waals surface area contributed by atoms with Gasteiger partial charge in [-0.2, -0.15) is 0 Å². The normalized spacial score (nSPS) is 11.6. The molecule has 0 spiro atoms. The molecule has 0 atom stereocenters. The van der Waals surface area contributed by atoms with Gasteiger partial charge in [0.2, 0.25) is 5.91 Å². The summed E-state index contributed by atoms with van der Waals surface area (Å²) < 4.78 is 1.15. The topological polar surface area (TPSA) is 46.3 Å². The van der Waals surface area contributed by atoms with Crippen molar-refractivity contribution in [1.82, 2.24) is 4.90 Å². The Hall–Kier alpha value is -0.390. The van der Waals surface area contributed by atoms with Gasteiger partial charge in [0.1, 0.15) is 0 Å². The highest BCUT2D eigenvalue weighted by Crippen LogP contribution is 2.23. The SMILES string of the molecule is CN(CC(C)(C)CN)C(=O)CCCc1ccc(Br)s1. The zero-order valence-electron chi connectivity index (χ0n) is 11.9. The van der Waals surface area contributed by atoms with Gasteiger partial charge in [0.25, 0.3) is 0 Å². The van der Waals surface area contributed by atoms with Crippen molar-refractivity contribution in [2.75, 3.05) is 20.1 Å². The summed E-state index contributed by atoms with van der Waals surface area (Å²) in [5, 5.41) is 0. The smallest absolute Gasteiger partial charge is 0.222 e. The highest BCUT2D eigenvalue weighted by molar-refractivity contribution is 9.11. The maximum Gasteiger partial charge on any atom is 0.222 e. The lowest BCUT2D eigenvalue weighted by atomic mass is 9.93. The van der Waals surface area contributed by atoms with Crippen molar-refractivity contribution in [2.24, 2.45) is 11.1 Å². The van der Waals surface area contributed by atoms with Crippen LogP contribution in [-0.2, 0) is 11.2 Å². The minimum Gasteiger partial charge on any atom is -0.345 e. The zero-order valence-corrected chi connectivity index (χ0v) is 14.3. The molecule has 0 aromatic carbocycles. The van der Waals surface area contributed by atoms with Gasteiger partial charge in [-0.3, -0.25) is 4.79 Å². The monoisotopic (exact) mass is 346 g/mol. The molecule has 1 aromatic rings. The summed E-state index contributed by atoms with van der Waals surface area (Å²) in [6.45, 7) is 5.47. The van der Waals surface area contributed by atoms with E-state index >= 15 is 0 Å². The predicted molar refractivity (Wildman–Crippen MR) is 85.4 cm³/mol. The fraction of sp³-hybridized carbons (Fsp3) is 0.643. The molecule has 0 radical (unpaired) electrons. The Kier molecular flexibility index (Phi) is 6.50. The molecule has 19 heavy (non-hydrogen) atoms. The second-order valence-corrected chi connectivity index (χ2v) is 8.23. The fourth-order valence-electron chi connectivity index (χ4n) is 1.89. The molecule has 0 saturated carbocycles. The molecule has 2 N–H and O–H groups in total. The Balaban J connectivity index is 2.31. The number of thiophene rings is 1. The van der Waals surface area contributed by atoms with E-state index in [1.165, 1.54) is 4.88 Å². The molecule has 0 fully saturated rings. The summed E-state index contributed by atoms with van der Waals surface area (Å²) in [5.74, 6) is 0.206. The average Bonchev–Trinajstić information content (AvgIpc) is 2.74. The minimum atomic E-state index is -0.0109. The molecule has 1 aromatic heterocycles. The van der Waals surface area contributed by atoms with E-state index in [0.717, 1.165) is 16.6 Å².